The average molecular weight is 442 g/mol. The lowest BCUT2D eigenvalue weighted by atomic mass is 10.1. The number of primary amides is 1. The van der Waals surface area contributed by atoms with E-state index >= 15 is 0 Å². The van der Waals surface area contributed by atoms with Gasteiger partial charge in [-0.2, -0.15) is 5.26 Å². The summed E-state index contributed by atoms with van der Waals surface area (Å²) in [6, 6.07) is 9.39. The van der Waals surface area contributed by atoms with Crippen molar-refractivity contribution in [1.82, 2.24) is 10.2 Å². The van der Waals surface area contributed by atoms with Gasteiger partial charge >= 0.3 is 0 Å². The third-order valence-corrected chi connectivity index (χ3v) is 5.48. The van der Waals surface area contributed by atoms with Crippen LogP contribution in [0, 0.1) is 11.3 Å². The van der Waals surface area contributed by atoms with Crippen LogP contribution in [0.2, 0.25) is 0 Å². The highest BCUT2D eigenvalue weighted by Gasteiger charge is 2.25. The molecule has 1 heterocycles. The molecule has 0 atom stereocenters. The summed E-state index contributed by atoms with van der Waals surface area (Å²) in [6.07, 6.45) is 2.80. The van der Waals surface area contributed by atoms with E-state index in [4.69, 9.17) is 5.73 Å². The zero-order chi connectivity index (χ0) is 23.2. The van der Waals surface area contributed by atoms with E-state index in [9.17, 15) is 14.9 Å². The lowest BCUT2D eigenvalue weighted by molar-refractivity contribution is 0.0745. The zero-order valence-electron chi connectivity index (χ0n) is 18.5. The van der Waals surface area contributed by atoms with Gasteiger partial charge in [-0.25, -0.2) is 0 Å². The number of thiophene rings is 1. The van der Waals surface area contributed by atoms with Gasteiger partial charge in [0.2, 0.25) is 0 Å². The average Bonchev–Trinajstić information content (AvgIpc) is 3.23. The first-order chi connectivity index (χ1) is 15.0. The van der Waals surface area contributed by atoms with Gasteiger partial charge in [-0.15, -0.1) is 11.3 Å². The first-order valence-electron chi connectivity index (χ1n) is 10.3. The highest BCUT2D eigenvalue weighted by molar-refractivity contribution is 7.13. The van der Waals surface area contributed by atoms with E-state index in [2.05, 4.69) is 23.1 Å². The molecule has 166 valence electrons. The molecule has 0 aliphatic heterocycles. The maximum atomic E-state index is 13.3. The number of hydrogen-bond acceptors (Lipinski definition) is 6. The fourth-order valence-corrected chi connectivity index (χ4v) is 3.96. The number of amides is 2. The maximum absolute atomic E-state index is 13.3. The van der Waals surface area contributed by atoms with Gasteiger partial charge in [0.05, 0.1) is 22.9 Å². The Morgan fingerprint density at radius 2 is 1.97 bits per heavy atom. The van der Waals surface area contributed by atoms with E-state index in [0.29, 0.717) is 23.5 Å². The van der Waals surface area contributed by atoms with E-state index < -0.39 is 5.91 Å². The minimum atomic E-state index is -0.642. The fraction of sp³-hybridized carbons (Fsp3) is 0.391. The monoisotopic (exact) mass is 441 g/mol. The summed E-state index contributed by atoms with van der Waals surface area (Å²) < 4.78 is 0. The van der Waals surface area contributed by atoms with Gasteiger partial charge in [0, 0.05) is 18.5 Å². The third kappa shape index (κ3) is 7.31. The van der Waals surface area contributed by atoms with Crippen LogP contribution in [0.25, 0.3) is 0 Å². The number of carbonyl (C=O) groups excluding carboxylic acids is 2. The molecule has 3 N–H and O–H groups in total. The van der Waals surface area contributed by atoms with Crippen LogP contribution in [0.5, 0.6) is 0 Å². The molecule has 2 amide bonds. The molecule has 0 aliphatic carbocycles. The molecule has 1 aromatic carbocycles. The second-order valence-corrected chi connectivity index (χ2v) is 7.39. The smallest absolute Gasteiger partial charge is 0.266 e. The number of hydrogen-bond donors (Lipinski definition) is 2. The molecule has 8 heteroatoms. The highest BCUT2D eigenvalue weighted by Crippen LogP contribution is 2.32. The molecule has 1 aromatic heterocycles. The standard InChI is InChI=1S/C21H25N5O2S.C2H6/c1-24-10-6-3-7-11-26(13-16-9-5-4-8-15(16)12-22)21(28)19-18(25-2)17(14-29-19)20(23)27;1-2/h4-5,8-9,14,24H,2-3,6-7,10-11,13H2,1H3,(H2,23,27);1-2H3. The van der Waals surface area contributed by atoms with Crippen molar-refractivity contribution >= 4 is 35.6 Å². The van der Waals surface area contributed by atoms with Crippen molar-refractivity contribution in [3.63, 3.8) is 0 Å². The summed E-state index contributed by atoms with van der Waals surface area (Å²) in [7, 11) is 1.91. The zero-order valence-corrected chi connectivity index (χ0v) is 19.3. The summed E-state index contributed by atoms with van der Waals surface area (Å²) in [4.78, 5) is 30.8. The van der Waals surface area contributed by atoms with Gasteiger partial charge in [0.1, 0.15) is 4.88 Å². The molecule has 31 heavy (non-hydrogen) atoms. The second kappa shape index (κ2) is 14.1. The first kappa shape index (κ1) is 26.0. The number of benzene rings is 1. The molecule has 0 fully saturated rings. The molecule has 0 unspecified atom stereocenters. The molecule has 2 aromatic rings. The van der Waals surface area contributed by atoms with Crippen LogP contribution in [0.1, 0.15) is 64.3 Å². The van der Waals surface area contributed by atoms with Crippen molar-refractivity contribution in [2.24, 2.45) is 10.7 Å². The fourth-order valence-electron chi connectivity index (χ4n) is 2.99. The van der Waals surface area contributed by atoms with Crippen molar-refractivity contribution in [3.8, 4) is 6.07 Å². The normalized spacial score (nSPS) is 9.87. The van der Waals surface area contributed by atoms with Crippen LogP contribution in [0.3, 0.4) is 0 Å². The molecule has 0 saturated carbocycles. The molecule has 0 aliphatic rings. The van der Waals surface area contributed by atoms with Crippen molar-refractivity contribution in [3.05, 3.63) is 51.2 Å². The van der Waals surface area contributed by atoms with Crippen LogP contribution in [0.4, 0.5) is 5.69 Å². The molecular weight excluding hydrogens is 410 g/mol. The molecular formula is C23H31N5O2S. The predicted molar refractivity (Wildman–Crippen MR) is 127 cm³/mol. The Labute approximate surface area is 188 Å². The third-order valence-electron chi connectivity index (χ3n) is 4.52. The van der Waals surface area contributed by atoms with E-state index in [-0.39, 0.29) is 17.2 Å². The topological polar surface area (TPSA) is 112 Å². The van der Waals surface area contributed by atoms with Gasteiger partial charge in [0.25, 0.3) is 11.8 Å². The van der Waals surface area contributed by atoms with E-state index in [1.807, 2.05) is 33.0 Å². The summed E-state index contributed by atoms with van der Waals surface area (Å²) in [5.41, 5.74) is 7.11. The van der Waals surface area contributed by atoms with Crippen LogP contribution >= 0.6 is 11.3 Å². The molecule has 0 bridgehead atoms. The number of nitrogens with zero attached hydrogens (tertiary/aromatic N) is 3. The van der Waals surface area contributed by atoms with Crippen LogP contribution < -0.4 is 11.1 Å². The Bertz CT molecular complexity index is 917. The van der Waals surface area contributed by atoms with Crippen LogP contribution in [0.15, 0.2) is 34.6 Å². The maximum Gasteiger partial charge on any atom is 0.266 e. The quantitative estimate of drug-likeness (QED) is 0.404. The molecule has 0 radical (unpaired) electrons. The minimum Gasteiger partial charge on any atom is -0.366 e. The van der Waals surface area contributed by atoms with Crippen molar-refractivity contribution in [1.29, 1.82) is 5.26 Å². The predicted octanol–water partition coefficient (Wildman–Crippen LogP) is 4.11. The Balaban J connectivity index is 0.00000233. The number of unbranched alkanes of at least 4 members (excludes halogenated alkanes) is 2. The van der Waals surface area contributed by atoms with Gasteiger partial charge in [0.15, 0.2) is 0 Å². The van der Waals surface area contributed by atoms with Gasteiger partial charge in [-0.3, -0.25) is 14.6 Å². The number of aliphatic imine (C=N–C) groups is 1. The van der Waals surface area contributed by atoms with Crippen molar-refractivity contribution < 1.29 is 9.59 Å². The van der Waals surface area contributed by atoms with Crippen LogP contribution in [-0.2, 0) is 6.54 Å². The summed E-state index contributed by atoms with van der Waals surface area (Å²) in [5, 5.41) is 14.0. The summed E-state index contributed by atoms with van der Waals surface area (Å²) in [6.45, 7) is 9.23. The molecule has 7 nitrogen and oxygen atoms in total. The lowest BCUT2D eigenvalue weighted by Gasteiger charge is -2.23. The van der Waals surface area contributed by atoms with Gasteiger partial charge in [-0.05, 0) is 44.8 Å². The largest absolute Gasteiger partial charge is 0.366 e. The van der Waals surface area contributed by atoms with E-state index in [0.717, 1.165) is 42.7 Å². The minimum absolute atomic E-state index is 0.194. The van der Waals surface area contributed by atoms with E-state index in [1.165, 1.54) is 5.38 Å². The Morgan fingerprint density at radius 3 is 2.58 bits per heavy atom. The van der Waals surface area contributed by atoms with Crippen molar-refractivity contribution in [2.75, 3.05) is 20.1 Å². The van der Waals surface area contributed by atoms with E-state index in [1.54, 1.807) is 17.0 Å². The number of nitrogens with one attached hydrogen (secondary N) is 1. The number of nitrogens with two attached hydrogens (primary N) is 1. The first-order valence-corrected chi connectivity index (χ1v) is 11.2. The highest BCUT2D eigenvalue weighted by atomic mass is 32.1. The van der Waals surface area contributed by atoms with Gasteiger partial charge in [-0.1, -0.05) is 38.5 Å². The lowest BCUT2D eigenvalue weighted by Crippen LogP contribution is -2.31. The van der Waals surface area contributed by atoms with Crippen LogP contribution in [-0.4, -0.2) is 43.6 Å². The van der Waals surface area contributed by atoms with Crippen molar-refractivity contribution in [2.45, 2.75) is 39.7 Å². The number of rotatable bonds is 11. The second-order valence-electron chi connectivity index (χ2n) is 6.51. The van der Waals surface area contributed by atoms with Gasteiger partial charge < -0.3 is 16.0 Å². The molecule has 0 saturated heterocycles. The molecule has 2 rings (SSSR count). The summed E-state index contributed by atoms with van der Waals surface area (Å²) >= 11 is 1.13. The Morgan fingerprint density at radius 1 is 1.26 bits per heavy atom. The Hall–Kier alpha value is -3.02. The number of nitriles is 1. The SMILES string of the molecule is C=Nc1c(C(N)=O)csc1C(=O)N(CCCCCNC)Cc1ccccc1C#N.CC. The summed E-state index contributed by atoms with van der Waals surface area (Å²) in [5.74, 6) is -0.887. The number of carbonyl (C=O) groups is 2. The molecule has 0 spiro atoms. The Kier molecular flexibility index (Phi) is 11.8.